The lowest BCUT2D eigenvalue weighted by Crippen LogP contribution is -2.57. The molecule has 0 saturated carbocycles. The number of rotatable bonds is 19. The van der Waals surface area contributed by atoms with E-state index in [2.05, 4.69) is 21.3 Å². The van der Waals surface area contributed by atoms with E-state index >= 15 is 0 Å². The fourth-order valence-corrected chi connectivity index (χ4v) is 5.81. The standard InChI is InChI=1S/C43H52N4O8/c1-29(2)26-36(46-40(49)38(30(3)4)47-43(52)54-28-32-18-9-6-10-19-32)39(48)45-35(41(50)55-37-24-15-21-33-20-11-12-22-34(33)37)23-13-14-25-44-42(51)53-27-31-16-7-5-8-17-31/h5-12,15-22,24,29-30,35-36,38H,13-14,23,25-28H2,1-4H3,(H,44,51)(H,45,48)(H,46,49)(H,47,52)/t35-,36-,38+/m0/s1. The minimum atomic E-state index is -1.07. The number of nitrogens with one attached hydrogen (secondary N) is 4. The summed E-state index contributed by atoms with van der Waals surface area (Å²) in [6.07, 6.45) is 0.0683. The molecule has 0 aliphatic rings. The second-order valence-electron chi connectivity index (χ2n) is 14.1. The first-order chi connectivity index (χ1) is 26.5. The Morgan fingerprint density at radius 3 is 1.82 bits per heavy atom. The van der Waals surface area contributed by atoms with Crippen molar-refractivity contribution in [1.29, 1.82) is 0 Å². The zero-order chi connectivity index (χ0) is 39.6. The summed E-state index contributed by atoms with van der Waals surface area (Å²) in [5.41, 5.74) is 1.66. The van der Waals surface area contributed by atoms with E-state index in [0.717, 1.165) is 21.9 Å². The molecular weight excluding hydrogens is 700 g/mol. The van der Waals surface area contributed by atoms with Crippen LogP contribution < -0.4 is 26.0 Å². The van der Waals surface area contributed by atoms with Gasteiger partial charge in [0.25, 0.3) is 0 Å². The highest BCUT2D eigenvalue weighted by molar-refractivity contribution is 5.95. The fourth-order valence-electron chi connectivity index (χ4n) is 5.81. The average Bonchev–Trinajstić information content (AvgIpc) is 3.18. The highest BCUT2D eigenvalue weighted by atomic mass is 16.6. The van der Waals surface area contributed by atoms with Gasteiger partial charge in [-0.05, 0) is 60.1 Å². The number of carbonyl (C=O) groups excluding carboxylic acids is 5. The molecule has 55 heavy (non-hydrogen) atoms. The summed E-state index contributed by atoms with van der Waals surface area (Å²) in [5, 5.41) is 12.6. The van der Waals surface area contributed by atoms with Gasteiger partial charge in [0, 0.05) is 11.9 Å². The van der Waals surface area contributed by atoms with Crippen molar-refractivity contribution in [3.8, 4) is 5.75 Å². The number of amides is 4. The third-order valence-electron chi connectivity index (χ3n) is 8.74. The molecule has 0 bridgehead atoms. The Morgan fingerprint density at radius 1 is 0.600 bits per heavy atom. The molecule has 3 atom stereocenters. The molecule has 0 saturated heterocycles. The maximum absolute atomic E-state index is 13.9. The molecule has 12 heteroatoms. The number of carbonyl (C=O) groups is 5. The molecule has 0 aromatic heterocycles. The summed E-state index contributed by atoms with van der Waals surface area (Å²) < 4.78 is 16.5. The molecule has 4 N–H and O–H groups in total. The highest BCUT2D eigenvalue weighted by Crippen LogP contribution is 2.26. The lowest BCUT2D eigenvalue weighted by Gasteiger charge is -2.27. The summed E-state index contributed by atoms with van der Waals surface area (Å²) in [6, 6.07) is 28.3. The molecule has 4 aromatic carbocycles. The molecule has 0 aliphatic heterocycles. The zero-order valence-electron chi connectivity index (χ0n) is 31.9. The second-order valence-corrected chi connectivity index (χ2v) is 14.1. The molecular formula is C43H52N4O8. The largest absolute Gasteiger partial charge is 0.445 e. The van der Waals surface area contributed by atoms with Gasteiger partial charge in [0.15, 0.2) is 0 Å². The van der Waals surface area contributed by atoms with Crippen molar-refractivity contribution in [2.75, 3.05) is 6.54 Å². The van der Waals surface area contributed by atoms with Gasteiger partial charge in [0.2, 0.25) is 11.8 Å². The first-order valence-electron chi connectivity index (χ1n) is 18.7. The van der Waals surface area contributed by atoms with Crippen LogP contribution in [0.1, 0.15) is 64.5 Å². The van der Waals surface area contributed by atoms with Gasteiger partial charge < -0.3 is 35.5 Å². The van der Waals surface area contributed by atoms with Gasteiger partial charge in [-0.15, -0.1) is 0 Å². The Labute approximate surface area is 322 Å². The van der Waals surface area contributed by atoms with Crippen LogP contribution in [0.15, 0.2) is 103 Å². The van der Waals surface area contributed by atoms with E-state index in [1.165, 1.54) is 0 Å². The third kappa shape index (κ3) is 14.1. The first kappa shape index (κ1) is 41.8. The van der Waals surface area contributed by atoms with Crippen LogP contribution in [0.5, 0.6) is 5.75 Å². The predicted molar refractivity (Wildman–Crippen MR) is 210 cm³/mol. The van der Waals surface area contributed by atoms with Gasteiger partial charge >= 0.3 is 18.2 Å². The smallest absolute Gasteiger partial charge is 0.408 e. The van der Waals surface area contributed by atoms with E-state index in [4.69, 9.17) is 14.2 Å². The summed E-state index contributed by atoms with van der Waals surface area (Å²) in [7, 11) is 0. The fraction of sp³-hybridized carbons (Fsp3) is 0.372. The Bertz CT molecular complexity index is 1850. The maximum atomic E-state index is 13.9. The van der Waals surface area contributed by atoms with Crippen molar-refractivity contribution in [3.05, 3.63) is 114 Å². The molecule has 0 fully saturated rings. The number of benzene rings is 4. The Balaban J connectivity index is 1.40. The van der Waals surface area contributed by atoms with Crippen molar-refractivity contribution < 1.29 is 38.2 Å². The van der Waals surface area contributed by atoms with E-state index in [-0.39, 0.29) is 44.4 Å². The molecule has 0 heterocycles. The van der Waals surface area contributed by atoms with Crippen LogP contribution in [0.3, 0.4) is 0 Å². The van der Waals surface area contributed by atoms with Gasteiger partial charge in [0.05, 0.1) is 0 Å². The van der Waals surface area contributed by atoms with Crippen molar-refractivity contribution in [2.24, 2.45) is 11.8 Å². The van der Waals surface area contributed by atoms with Gasteiger partial charge in [-0.2, -0.15) is 0 Å². The average molecular weight is 753 g/mol. The Hall–Kier alpha value is -5.91. The molecule has 4 amide bonds. The number of hydrogen-bond acceptors (Lipinski definition) is 8. The van der Waals surface area contributed by atoms with E-state index in [1.807, 2.05) is 105 Å². The minimum Gasteiger partial charge on any atom is -0.445 e. The molecule has 292 valence electrons. The molecule has 12 nitrogen and oxygen atoms in total. The van der Waals surface area contributed by atoms with Crippen LogP contribution in [0.2, 0.25) is 0 Å². The number of hydrogen-bond donors (Lipinski definition) is 4. The molecule has 0 unspecified atom stereocenters. The van der Waals surface area contributed by atoms with E-state index in [9.17, 15) is 24.0 Å². The van der Waals surface area contributed by atoms with Crippen LogP contribution >= 0.6 is 0 Å². The van der Waals surface area contributed by atoms with Gasteiger partial charge in [0.1, 0.15) is 37.1 Å². The zero-order valence-corrected chi connectivity index (χ0v) is 31.9. The Kier molecular flexibility index (Phi) is 16.5. The van der Waals surface area contributed by atoms with Crippen molar-refractivity contribution in [3.63, 3.8) is 0 Å². The second kappa shape index (κ2) is 21.7. The molecule has 0 radical (unpaired) electrons. The van der Waals surface area contributed by atoms with Crippen molar-refractivity contribution in [1.82, 2.24) is 21.3 Å². The van der Waals surface area contributed by atoms with E-state index in [0.29, 0.717) is 18.6 Å². The van der Waals surface area contributed by atoms with Crippen LogP contribution in [-0.2, 0) is 37.1 Å². The van der Waals surface area contributed by atoms with Crippen molar-refractivity contribution >= 4 is 40.7 Å². The SMILES string of the molecule is CC(C)C[C@H](NC(=O)[C@H](NC(=O)OCc1ccccc1)C(C)C)C(=O)N[C@@H](CCCCNC(=O)OCc1ccccc1)C(=O)Oc1cccc2ccccc12. The van der Waals surface area contributed by atoms with Crippen LogP contribution in [0.25, 0.3) is 10.8 Å². The van der Waals surface area contributed by atoms with Gasteiger partial charge in [-0.3, -0.25) is 9.59 Å². The van der Waals surface area contributed by atoms with E-state index in [1.54, 1.807) is 26.0 Å². The highest BCUT2D eigenvalue weighted by Gasteiger charge is 2.32. The van der Waals surface area contributed by atoms with E-state index < -0.39 is 48.1 Å². The van der Waals surface area contributed by atoms with Crippen LogP contribution in [-0.4, -0.2) is 54.6 Å². The quantitative estimate of drug-likeness (QED) is 0.0462. The normalized spacial score (nSPS) is 12.6. The lowest BCUT2D eigenvalue weighted by molar-refractivity contribution is -0.140. The van der Waals surface area contributed by atoms with Crippen LogP contribution in [0.4, 0.5) is 9.59 Å². The van der Waals surface area contributed by atoms with Gasteiger partial charge in [-0.25, -0.2) is 14.4 Å². The van der Waals surface area contributed by atoms with Crippen LogP contribution in [0, 0.1) is 11.8 Å². The summed E-state index contributed by atoms with van der Waals surface area (Å²) in [5.74, 6) is -1.79. The summed E-state index contributed by atoms with van der Waals surface area (Å²) >= 11 is 0. The minimum absolute atomic E-state index is 0.00819. The maximum Gasteiger partial charge on any atom is 0.408 e. The predicted octanol–water partition coefficient (Wildman–Crippen LogP) is 6.81. The monoisotopic (exact) mass is 752 g/mol. The van der Waals surface area contributed by atoms with Crippen molar-refractivity contribution in [2.45, 2.75) is 84.7 Å². The number of esters is 1. The summed E-state index contributed by atoms with van der Waals surface area (Å²) in [4.78, 5) is 66.2. The Morgan fingerprint density at radius 2 is 1.18 bits per heavy atom. The number of unbranched alkanes of at least 4 members (excludes halogenated alkanes) is 1. The molecule has 4 aromatic rings. The first-order valence-corrected chi connectivity index (χ1v) is 18.7. The third-order valence-corrected chi connectivity index (χ3v) is 8.74. The van der Waals surface area contributed by atoms with Gasteiger partial charge in [-0.1, -0.05) is 125 Å². The molecule has 0 aliphatic carbocycles. The summed E-state index contributed by atoms with van der Waals surface area (Å²) in [6.45, 7) is 7.83. The molecule has 4 rings (SSSR count). The number of fused-ring (bicyclic) bond motifs is 1. The topological polar surface area (TPSA) is 161 Å². The number of alkyl carbamates (subject to hydrolysis) is 2. The lowest BCUT2D eigenvalue weighted by atomic mass is 9.99. The molecule has 0 spiro atoms. The number of ether oxygens (including phenoxy) is 3.